The van der Waals surface area contributed by atoms with Gasteiger partial charge in [-0.3, -0.25) is 4.79 Å². The lowest BCUT2D eigenvalue weighted by molar-refractivity contribution is 0.0996. The van der Waals surface area contributed by atoms with Crippen LogP contribution in [0.4, 0.5) is 5.69 Å². The summed E-state index contributed by atoms with van der Waals surface area (Å²) in [5, 5.41) is 11.7. The lowest BCUT2D eigenvalue weighted by Gasteiger charge is -2.17. The molecule has 8 rings (SSSR count). The van der Waals surface area contributed by atoms with E-state index in [1.54, 1.807) is 6.07 Å². The zero-order chi connectivity index (χ0) is 28.9. The highest BCUT2D eigenvalue weighted by Crippen LogP contribution is 2.41. The van der Waals surface area contributed by atoms with Gasteiger partial charge in [0.15, 0.2) is 0 Å². The van der Waals surface area contributed by atoms with Crippen LogP contribution in [0.25, 0.3) is 49.9 Å². The Labute approximate surface area is 248 Å². The van der Waals surface area contributed by atoms with Gasteiger partial charge in [0.05, 0.1) is 34.5 Å². The Balaban J connectivity index is 1.30. The number of hydrogen-bond donors (Lipinski definition) is 0. The molecule has 2 aromatic heterocycles. The molecule has 1 aliphatic heterocycles. The molecule has 7 aromatic rings. The number of fused-ring (bicyclic) bond motifs is 4. The molecule has 0 saturated heterocycles. The fourth-order valence-corrected chi connectivity index (χ4v) is 6.32. The van der Waals surface area contributed by atoms with E-state index in [-0.39, 0.29) is 5.91 Å². The summed E-state index contributed by atoms with van der Waals surface area (Å²) >= 11 is 0. The summed E-state index contributed by atoms with van der Waals surface area (Å²) in [6, 6.07) is 46.6. The molecule has 0 atom stereocenters. The number of hydrogen-bond acceptors (Lipinski definition) is 3. The van der Waals surface area contributed by atoms with Gasteiger partial charge in [-0.2, -0.15) is 5.26 Å². The Morgan fingerprint density at radius 1 is 0.674 bits per heavy atom. The number of para-hydroxylation sites is 2. The summed E-state index contributed by atoms with van der Waals surface area (Å²) in [6.07, 6.45) is 0. The number of carbonyl (C=O) groups excluding carboxylic acids is 1. The SMILES string of the molecule is N#Cc1cccc(-c2cccc3c4ccccc4n(-c4cccc5c4C(=O)N(c4ccc(-c6ccccc6)cc4)C5)c23)n1. The summed E-state index contributed by atoms with van der Waals surface area (Å²) in [5.41, 5.74) is 9.59. The van der Waals surface area contributed by atoms with Crippen molar-refractivity contribution in [1.29, 1.82) is 5.26 Å². The maximum Gasteiger partial charge on any atom is 0.261 e. The van der Waals surface area contributed by atoms with Crippen molar-refractivity contribution in [2.24, 2.45) is 0 Å². The van der Waals surface area contributed by atoms with Gasteiger partial charge in [-0.1, -0.05) is 97.1 Å². The van der Waals surface area contributed by atoms with Crippen molar-refractivity contribution in [1.82, 2.24) is 9.55 Å². The van der Waals surface area contributed by atoms with Crippen molar-refractivity contribution in [3.8, 4) is 34.1 Å². The normalized spacial score (nSPS) is 12.5. The topological polar surface area (TPSA) is 61.9 Å². The molecule has 0 spiro atoms. The second-order valence-corrected chi connectivity index (χ2v) is 10.7. The summed E-state index contributed by atoms with van der Waals surface area (Å²) in [6.45, 7) is 0.502. The molecule has 5 nitrogen and oxygen atoms in total. The summed E-state index contributed by atoms with van der Waals surface area (Å²) < 4.78 is 2.19. The third kappa shape index (κ3) is 3.93. The fraction of sp³-hybridized carbons (Fsp3) is 0.0263. The van der Waals surface area contributed by atoms with Gasteiger partial charge in [-0.15, -0.1) is 0 Å². The number of carbonyl (C=O) groups is 1. The molecule has 1 aliphatic rings. The molecule has 0 unspecified atom stereocenters. The lowest BCUT2D eigenvalue weighted by Crippen LogP contribution is -2.23. The fourth-order valence-electron chi connectivity index (χ4n) is 6.32. The van der Waals surface area contributed by atoms with E-state index in [0.29, 0.717) is 23.5 Å². The van der Waals surface area contributed by atoms with E-state index >= 15 is 0 Å². The smallest absolute Gasteiger partial charge is 0.261 e. The first kappa shape index (κ1) is 24.8. The van der Waals surface area contributed by atoms with E-state index in [1.807, 2.05) is 89.8 Å². The highest BCUT2D eigenvalue weighted by Gasteiger charge is 2.32. The highest BCUT2D eigenvalue weighted by molar-refractivity contribution is 6.17. The van der Waals surface area contributed by atoms with Crippen molar-refractivity contribution in [3.63, 3.8) is 0 Å². The van der Waals surface area contributed by atoms with Crippen molar-refractivity contribution in [2.75, 3.05) is 4.90 Å². The van der Waals surface area contributed by atoms with E-state index in [1.165, 1.54) is 0 Å². The van der Waals surface area contributed by atoms with E-state index < -0.39 is 0 Å². The molecule has 0 bridgehead atoms. The lowest BCUT2D eigenvalue weighted by atomic mass is 10.0. The van der Waals surface area contributed by atoms with Crippen LogP contribution in [0.3, 0.4) is 0 Å². The van der Waals surface area contributed by atoms with Crippen LogP contribution in [0.2, 0.25) is 0 Å². The van der Waals surface area contributed by atoms with Crippen molar-refractivity contribution >= 4 is 33.4 Å². The van der Waals surface area contributed by atoms with Crippen LogP contribution < -0.4 is 4.90 Å². The number of aromatic nitrogens is 2. The molecule has 1 amide bonds. The Morgan fingerprint density at radius 3 is 2.23 bits per heavy atom. The minimum atomic E-state index is -0.0222. The standard InChI is InChI=1S/C38H24N4O/c39-23-28-12-7-16-33(40-28)32-15-8-14-31-30-13-4-5-17-34(30)42(37(31)32)35-18-6-11-27-24-41(38(43)36(27)35)29-21-19-26(20-22-29)25-9-2-1-3-10-25/h1-22H,24H2. The van der Waals surface area contributed by atoms with E-state index in [2.05, 4.69) is 58.1 Å². The molecule has 0 aliphatic carbocycles. The van der Waals surface area contributed by atoms with Gasteiger partial charge in [0.25, 0.3) is 5.91 Å². The molecular weight excluding hydrogens is 528 g/mol. The molecule has 3 heterocycles. The molecule has 0 N–H and O–H groups in total. The van der Waals surface area contributed by atoms with Gasteiger partial charge < -0.3 is 9.47 Å². The maximum absolute atomic E-state index is 14.2. The van der Waals surface area contributed by atoms with Crippen LogP contribution >= 0.6 is 0 Å². The first-order valence-electron chi connectivity index (χ1n) is 14.2. The second kappa shape index (κ2) is 9.83. The van der Waals surface area contributed by atoms with Crippen LogP contribution in [0, 0.1) is 11.3 Å². The summed E-state index contributed by atoms with van der Waals surface area (Å²) in [4.78, 5) is 20.7. The van der Waals surface area contributed by atoms with Gasteiger partial charge in [0.2, 0.25) is 0 Å². The Bertz CT molecular complexity index is 2240. The Kier molecular flexibility index (Phi) is 5.66. The van der Waals surface area contributed by atoms with Crippen LogP contribution in [0.1, 0.15) is 21.6 Å². The Morgan fingerprint density at radius 2 is 1.40 bits per heavy atom. The van der Waals surface area contributed by atoms with Crippen molar-refractivity contribution in [2.45, 2.75) is 6.54 Å². The average Bonchev–Trinajstić information content (AvgIpc) is 3.60. The van der Waals surface area contributed by atoms with Gasteiger partial charge in [-0.05, 0) is 53.1 Å². The zero-order valence-electron chi connectivity index (χ0n) is 23.1. The van der Waals surface area contributed by atoms with Gasteiger partial charge >= 0.3 is 0 Å². The largest absolute Gasteiger partial charge is 0.308 e. The van der Waals surface area contributed by atoms with Gasteiger partial charge in [0.1, 0.15) is 11.8 Å². The van der Waals surface area contributed by atoms with Gasteiger partial charge in [0, 0.05) is 22.0 Å². The molecular formula is C38H24N4O. The minimum Gasteiger partial charge on any atom is -0.308 e. The van der Waals surface area contributed by atoms with Crippen LogP contribution in [0.15, 0.2) is 133 Å². The molecule has 202 valence electrons. The van der Waals surface area contributed by atoms with Crippen molar-refractivity contribution < 1.29 is 4.79 Å². The quantitative estimate of drug-likeness (QED) is 0.220. The van der Waals surface area contributed by atoms with Crippen LogP contribution in [-0.2, 0) is 6.54 Å². The van der Waals surface area contributed by atoms with E-state index in [9.17, 15) is 10.1 Å². The van der Waals surface area contributed by atoms with Crippen molar-refractivity contribution in [3.05, 3.63) is 150 Å². The average molecular weight is 553 g/mol. The first-order chi connectivity index (χ1) is 21.2. The second-order valence-electron chi connectivity index (χ2n) is 10.7. The predicted octanol–water partition coefficient (Wildman–Crippen LogP) is 8.54. The number of anilines is 1. The molecule has 43 heavy (non-hydrogen) atoms. The minimum absolute atomic E-state index is 0.0222. The number of nitriles is 1. The molecule has 0 radical (unpaired) electrons. The first-order valence-corrected chi connectivity index (χ1v) is 14.2. The summed E-state index contributed by atoms with van der Waals surface area (Å²) in [7, 11) is 0. The monoisotopic (exact) mass is 552 g/mol. The van der Waals surface area contributed by atoms with E-state index in [4.69, 9.17) is 0 Å². The third-order valence-corrected chi connectivity index (χ3v) is 8.28. The highest BCUT2D eigenvalue weighted by atomic mass is 16.2. The van der Waals surface area contributed by atoms with Crippen LogP contribution in [0.5, 0.6) is 0 Å². The number of benzene rings is 5. The molecule has 0 saturated carbocycles. The van der Waals surface area contributed by atoms with Crippen LogP contribution in [-0.4, -0.2) is 15.5 Å². The Hall–Kier alpha value is -5.99. The van der Waals surface area contributed by atoms with E-state index in [0.717, 1.165) is 55.4 Å². The molecule has 5 aromatic carbocycles. The number of pyridine rings is 1. The number of nitrogens with zero attached hydrogens (tertiary/aromatic N) is 4. The summed E-state index contributed by atoms with van der Waals surface area (Å²) in [5.74, 6) is -0.0222. The number of rotatable bonds is 4. The molecule has 0 fully saturated rings. The molecule has 5 heteroatoms. The third-order valence-electron chi connectivity index (χ3n) is 8.28. The maximum atomic E-state index is 14.2. The zero-order valence-corrected chi connectivity index (χ0v) is 23.1. The van der Waals surface area contributed by atoms with Gasteiger partial charge in [-0.25, -0.2) is 4.98 Å². The predicted molar refractivity (Wildman–Crippen MR) is 171 cm³/mol. The number of amides is 1.